The first kappa shape index (κ1) is 16.4. The minimum Gasteiger partial charge on any atom is -0.496 e. The molecule has 3 rings (SSSR count). The fourth-order valence-corrected chi connectivity index (χ4v) is 3.61. The summed E-state index contributed by atoms with van der Waals surface area (Å²) in [5.74, 6) is -0.762. The summed E-state index contributed by atoms with van der Waals surface area (Å²) < 4.78 is 10.6. The van der Waals surface area contributed by atoms with Crippen LogP contribution in [0.5, 0.6) is 5.75 Å². The van der Waals surface area contributed by atoms with Gasteiger partial charge in [-0.15, -0.1) is 0 Å². The first-order chi connectivity index (χ1) is 11.4. The summed E-state index contributed by atoms with van der Waals surface area (Å²) in [5, 5.41) is 9.10. The van der Waals surface area contributed by atoms with Gasteiger partial charge in [-0.25, -0.2) is 4.79 Å². The maximum Gasteiger partial charge on any atom is 0.341 e. The smallest absolute Gasteiger partial charge is 0.341 e. The number of carbonyl (C=O) groups is 2. The van der Waals surface area contributed by atoms with Gasteiger partial charge >= 0.3 is 11.9 Å². The van der Waals surface area contributed by atoms with Crippen LogP contribution in [0.3, 0.4) is 0 Å². The lowest BCUT2D eigenvalue weighted by molar-refractivity contribution is -0.141. The van der Waals surface area contributed by atoms with Crippen molar-refractivity contribution in [1.29, 1.82) is 0 Å². The van der Waals surface area contributed by atoms with Crippen molar-refractivity contribution in [3.8, 4) is 5.75 Å². The van der Waals surface area contributed by atoms with Crippen LogP contribution in [-0.4, -0.2) is 24.2 Å². The van der Waals surface area contributed by atoms with Crippen molar-refractivity contribution in [2.24, 2.45) is 5.92 Å². The summed E-state index contributed by atoms with van der Waals surface area (Å²) >= 11 is 0. The SMILES string of the molecule is COc1c(C)c2c(c(N)c1C/C=C1\CC[C@@H](C(=O)O)C1)C(=O)OC2. The van der Waals surface area contributed by atoms with Crippen molar-refractivity contribution in [1.82, 2.24) is 0 Å². The number of esters is 1. The second-order valence-electron chi connectivity index (χ2n) is 6.32. The largest absolute Gasteiger partial charge is 0.496 e. The zero-order valence-electron chi connectivity index (χ0n) is 13.8. The molecule has 3 N–H and O–H groups in total. The molecule has 6 heteroatoms. The number of carbonyl (C=O) groups excluding carboxylic acids is 1. The van der Waals surface area contributed by atoms with Gasteiger partial charge in [-0.05, 0) is 38.2 Å². The second kappa shape index (κ2) is 6.19. The van der Waals surface area contributed by atoms with Crippen LogP contribution in [0.25, 0.3) is 0 Å². The lowest BCUT2D eigenvalue weighted by Gasteiger charge is -2.16. The number of benzene rings is 1. The van der Waals surface area contributed by atoms with Gasteiger partial charge in [-0.1, -0.05) is 11.6 Å². The quantitative estimate of drug-likeness (QED) is 0.500. The summed E-state index contributed by atoms with van der Waals surface area (Å²) in [7, 11) is 1.58. The van der Waals surface area contributed by atoms with Gasteiger partial charge in [0.05, 0.1) is 24.3 Å². The van der Waals surface area contributed by atoms with Crippen LogP contribution in [0.2, 0.25) is 0 Å². The molecule has 0 amide bonds. The molecule has 1 saturated carbocycles. The van der Waals surface area contributed by atoms with Crippen molar-refractivity contribution in [3.05, 3.63) is 33.9 Å². The molecule has 0 unspecified atom stereocenters. The van der Waals surface area contributed by atoms with Gasteiger partial charge in [0.1, 0.15) is 12.4 Å². The van der Waals surface area contributed by atoms with E-state index in [0.717, 1.165) is 28.7 Å². The third-order valence-electron chi connectivity index (χ3n) is 4.99. The zero-order valence-corrected chi connectivity index (χ0v) is 13.8. The van der Waals surface area contributed by atoms with E-state index >= 15 is 0 Å². The fraction of sp³-hybridized carbons (Fsp3) is 0.444. The summed E-state index contributed by atoms with van der Waals surface area (Å²) in [4.78, 5) is 23.0. The van der Waals surface area contributed by atoms with Crippen molar-refractivity contribution < 1.29 is 24.2 Å². The normalized spacial score (nSPS) is 21.0. The molecule has 1 aromatic rings. The number of carboxylic acid groups (broad SMARTS) is 1. The minimum atomic E-state index is -0.744. The van der Waals surface area contributed by atoms with Crippen LogP contribution >= 0.6 is 0 Å². The van der Waals surface area contributed by atoms with Gasteiger partial charge in [-0.2, -0.15) is 0 Å². The van der Waals surface area contributed by atoms with Crippen LogP contribution in [0.4, 0.5) is 5.69 Å². The van der Waals surface area contributed by atoms with Gasteiger partial charge in [-0.3, -0.25) is 4.79 Å². The third-order valence-corrected chi connectivity index (χ3v) is 4.99. The van der Waals surface area contributed by atoms with Gasteiger partial charge in [0.15, 0.2) is 0 Å². The Morgan fingerprint density at radius 1 is 1.50 bits per heavy atom. The number of aliphatic carboxylic acids is 1. The molecule has 0 radical (unpaired) electrons. The molecule has 0 spiro atoms. The van der Waals surface area contributed by atoms with E-state index in [9.17, 15) is 9.59 Å². The van der Waals surface area contributed by atoms with Gasteiger partial charge in [0.25, 0.3) is 0 Å². The molecule has 1 aliphatic carbocycles. The highest BCUT2D eigenvalue weighted by atomic mass is 16.5. The number of fused-ring (bicyclic) bond motifs is 1. The van der Waals surface area contributed by atoms with E-state index in [4.69, 9.17) is 20.3 Å². The van der Waals surface area contributed by atoms with Crippen molar-refractivity contribution in [2.45, 2.75) is 39.2 Å². The number of hydrogen-bond donors (Lipinski definition) is 2. The molecular formula is C18H21NO5. The summed E-state index contributed by atoms with van der Waals surface area (Å²) in [6.07, 6.45) is 4.55. The number of allylic oxidation sites excluding steroid dienone is 2. The number of rotatable bonds is 4. The first-order valence-electron chi connectivity index (χ1n) is 7.99. The summed E-state index contributed by atoms with van der Waals surface area (Å²) in [6, 6.07) is 0. The summed E-state index contributed by atoms with van der Waals surface area (Å²) in [5.41, 5.74) is 10.6. The predicted octanol–water partition coefficient (Wildman–Crippen LogP) is 2.61. The number of anilines is 1. The Bertz CT molecular complexity index is 751. The molecule has 1 heterocycles. The van der Waals surface area contributed by atoms with Crippen molar-refractivity contribution >= 4 is 17.6 Å². The number of methoxy groups -OCH3 is 1. The Balaban J connectivity index is 1.94. The molecule has 1 aromatic carbocycles. The van der Waals surface area contributed by atoms with Gasteiger partial charge in [0.2, 0.25) is 0 Å². The predicted molar refractivity (Wildman–Crippen MR) is 88.0 cm³/mol. The van der Waals surface area contributed by atoms with E-state index in [1.807, 2.05) is 13.0 Å². The Morgan fingerprint density at radius 2 is 2.25 bits per heavy atom. The van der Waals surface area contributed by atoms with E-state index < -0.39 is 11.9 Å². The molecule has 128 valence electrons. The van der Waals surface area contributed by atoms with E-state index in [0.29, 0.717) is 36.3 Å². The number of carboxylic acids is 1. The molecule has 1 fully saturated rings. The Hall–Kier alpha value is -2.50. The number of ether oxygens (including phenoxy) is 2. The Morgan fingerprint density at radius 3 is 2.88 bits per heavy atom. The topological polar surface area (TPSA) is 98.9 Å². The van der Waals surface area contributed by atoms with Crippen LogP contribution in [0.1, 0.15) is 46.3 Å². The summed E-state index contributed by atoms with van der Waals surface area (Å²) in [6.45, 7) is 2.12. The average Bonchev–Trinajstić information content (AvgIpc) is 3.16. The Labute approximate surface area is 140 Å². The van der Waals surface area contributed by atoms with Crippen molar-refractivity contribution in [2.75, 3.05) is 12.8 Å². The molecule has 2 aliphatic rings. The zero-order chi connectivity index (χ0) is 17.4. The van der Waals surface area contributed by atoms with Gasteiger partial charge in [0, 0.05) is 11.1 Å². The van der Waals surface area contributed by atoms with E-state index in [-0.39, 0.29) is 12.5 Å². The van der Waals surface area contributed by atoms with Crippen LogP contribution < -0.4 is 10.5 Å². The van der Waals surface area contributed by atoms with E-state index in [2.05, 4.69) is 0 Å². The molecule has 6 nitrogen and oxygen atoms in total. The standard InChI is InChI=1S/C18H21NO5/c1-9-13-8-24-18(22)14(13)15(19)12(16(9)23-2)6-4-10-3-5-11(7-10)17(20)21/h4,11H,3,5-8,19H2,1-2H3,(H,20,21)/b10-4+/t11-/m1/s1. The highest BCUT2D eigenvalue weighted by molar-refractivity contribution is 6.00. The molecule has 1 atom stereocenters. The minimum absolute atomic E-state index is 0.224. The number of hydrogen-bond acceptors (Lipinski definition) is 5. The van der Waals surface area contributed by atoms with Crippen LogP contribution in [0, 0.1) is 12.8 Å². The monoisotopic (exact) mass is 331 g/mol. The number of cyclic esters (lactones) is 1. The first-order valence-corrected chi connectivity index (χ1v) is 7.99. The second-order valence-corrected chi connectivity index (χ2v) is 6.32. The maximum absolute atomic E-state index is 11.9. The fourth-order valence-electron chi connectivity index (χ4n) is 3.61. The van der Waals surface area contributed by atoms with Crippen LogP contribution in [-0.2, 0) is 22.6 Å². The Kier molecular flexibility index (Phi) is 4.22. The maximum atomic E-state index is 11.9. The highest BCUT2D eigenvalue weighted by Crippen LogP contribution is 2.40. The third kappa shape index (κ3) is 2.62. The lowest BCUT2D eigenvalue weighted by atomic mass is 9.94. The molecule has 1 aliphatic heterocycles. The van der Waals surface area contributed by atoms with E-state index in [1.54, 1.807) is 7.11 Å². The lowest BCUT2D eigenvalue weighted by Crippen LogP contribution is -2.09. The molecule has 0 bridgehead atoms. The average molecular weight is 331 g/mol. The number of nitrogen functional groups attached to an aromatic ring is 1. The van der Waals surface area contributed by atoms with Gasteiger partial charge < -0.3 is 20.3 Å². The molecular weight excluding hydrogens is 310 g/mol. The number of nitrogens with two attached hydrogens (primary N) is 1. The van der Waals surface area contributed by atoms with Crippen molar-refractivity contribution in [3.63, 3.8) is 0 Å². The van der Waals surface area contributed by atoms with Crippen LogP contribution in [0.15, 0.2) is 11.6 Å². The van der Waals surface area contributed by atoms with E-state index in [1.165, 1.54) is 0 Å². The highest BCUT2D eigenvalue weighted by Gasteiger charge is 2.31. The molecule has 0 aromatic heterocycles. The molecule has 24 heavy (non-hydrogen) atoms. The molecule has 0 saturated heterocycles.